The van der Waals surface area contributed by atoms with Gasteiger partial charge in [-0.3, -0.25) is 9.69 Å². The van der Waals surface area contributed by atoms with E-state index in [0.717, 1.165) is 0 Å². The van der Waals surface area contributed by atoms with E-state index in [4.69, 9.17) is 25.1 Å². The first-order chi connectivity index (χ1) is 15.2. The lowest BCUT2D eigenvalue weighted by Gasteiger charge is -2.33. The van der Waals surface area contributed by atoms with Gasteiger partial charge in [0.05, 0.1) is 6.04 Å². The molecule has 0 saturated carbocycles. The Morgan fingerprint density at radius 2 is 1.81 bits per heavy atom. The third kappa shape index (κ3) is 5.27. The van der Waals surface area contributed by atoms with Crippen molar-refractivity contribution in [1.29, 1.82) is 0 Å². The Bertz CT molecular complexity index is 863. The fourth-order valence-electron chi connectivity index (χ4n) is 3.86. The molecule has 0 radical (unpaired) electrons. The van der Waals surface area contributed by atoms with Crippen LogP contribution in [0.25, 0.3) is 0 Å². The predicted molar refractivity (Wildman–Crippen MR) is 106 cm³/mol. The fraction of sp³-hybridized carbons (Fsp3) is 0.550. The summed E-state index contributed by atoms with van der Waals surface area (Å²) >= 11 is 0. The summed E-state index contributed by atoms with van der Waals surface area (Å²) < 4.78 is 16.4. The van der Waals surface area contributed by atoms with Crippen molar-refractivity contribution in [2.75, 3.05) is 26.3 Å². The van der Waals surface area contributed by atoms with E-state index in [1.165, 1.54) is 12.1 Å². The molecule has 5 atom stereocenters. The summed E-state index contributed by atoms with van der Waals surface area (Å²) in [5.74, 6) is -3.23. The number of rotatable bonds is 10. The number of primary amides is 1. The second-order valence-electron chi connectivity index (χ2n) is 7.62. The van der Waals surface area contributed by atoms with Gasteiger partial charge in [0.2, 0.25) is 5.91 Å². The first kappa shape index (κ1) is 23.7. The van der Waals surface area contributed by atoms with Gasteiger partial charge in [-0.2, -0.15) is 0 Å². The number of benzene rings is 1. The van der Waals surface area contributed by atoms with E-state index < -0.39 is 48.3 Å². The number of fused-ring (bicyclic) bond motifs is 1. The van der Waals surface area contributed by atoms with Gasteiger partial charge in [-0.15, -0.1) is 0 Å². The van der Waals surface area contributed by atoms with Crippen molar-refractivity contribution in [2.45, 2.75) is 43.3 Å². The summed E-state index contributed by atoms with van der Waals surface area (Å²) in [7, 11) is 0. The number of likely N-dealkylation sites (tertiary alicyclic amines) is 1. The summed E-state index contributed by atoms with van der Waals surface area (Å²) in [6, 6.07) is 3.98. The first-order valence-electron chi connectivity index (χ1n) is 10.1. The molecule has 2 aliphatic heterocycles. The number of aliphatic carboxylic acids is 2. The third-order valence-corrected chi connectivity index (χ3v) is 5.47. The van der Waals surface area contributed by atoms with Crippen molar-refractivity contribution in [1.82, 2.24) is 4.90 Å². The van der Waals surface area contributed by atoms with Crippen LogP contribution in [0, 0.1) is 0 Å². The zero-order valence-electron chi connectivity index (χ0n) is 17.1. The molecule has 0 aliphatic carbocycles. The topological polar surface area (TPSA) is 189 Å². The second-order valence-corrected chi connectivity index (χ2v) is 7.62. The maximum absolute atomic E-state index is 11.8. The summed E-state index contributed by atoms with van der Waals surface area (Å²) in [5.41, 5.74) is 5.73. The van der Waals surface area contributed by atoms with E-state index in [-0.39, 0.29) is 6.54 Å². The molecule has 1 aromatic carbocycles. The number of aliphatic hydroxyl groups is 2. The fourth-order valence-corrected chi connectivity index (χ4v) is 3.86. The van der Waals surface area contributed by atoms with Crippen molar-refractivity contribution in [3.63, 3.8) is 0 Å². The van der Waals surface area contributed by atoms with Crippen molar-refractivity contribution >= 4 is 17.8 Å². The smallest absolute Gasteiger partial charge is 0.336 e. The number of aliphatic hydroxyl groups excluding tert-OH is 2. The maximum atomic E-state index is 11.8. The molecule has 0 aromatic heterocycles. The molecule has 3 rings (SSSR count). The van der Waals surface area contributed by atoms with E-state index in [9.17, 15) is 29.7 Å². The summed E-state index contributed by atoms with van der Waals surface area (Å²) in [6.07, 6.45) is -6.13. The Balaban J connectivity index is 1.89. The van der Waals surface area contributed by atoms with Crippen molar-refractivity contribution in [3.05, 3.63) is 23.8 Å². The molecule has 2 heterocycles. The van der Waals surface area contributed by atoms with Gasteiger partial charge in [0.1, 0.15) is 25.4 Å². The lowest BCUT2D eigenvalue weighted by Crippen LogP contribution is -2.50. The quantitative estimate of drug-likeness (QED) is 0.283. The van der Waals surface area contributed by atoms with Gasteiger partial charge in [-0.1, -0.05) is 6.07 Å². The minimum absolute atomic E-state index is 0.126. The number of nitrogens with two attached hydrogens (primary N) is 1. The van der Waals surface area contributed by atoms with Gasteiger partial charge < -0.3 is 40.4 Å². The number of amides is 1. The average molecular weight is 454 g/mol. The Labute approximate surface area is 183 Å². The number of carboxylic acids is 2. The normalized spacial score (nSPS) is 22.0. The van der Waals surface area contributed by atoms with Gasteiger partial charge in [0, 0.05) is 6.54 Å². The standard InChI is InChI=1S/C20H26N2O10/c21-18(25)11-2-1-5-22(11)9-14(32-17(20(28)29)16(24)19(26)27)15(23)10-3-4-12-13(8-10)31-7-6-30-12/h3-4,8,11,14-17,23-24H,1-2,5-7,9H2,(H2,21,25)(H,26,27)(H,28,29). The van der Waals surface area contributed by atoms with Crippen LogP contribution >= 0.6 is 0 Å². The summed E-state index contributed by atoms with van der Waals surface area (Å²) in [5, 5.41) is 39.3. The molecule has 2 aliphatic rings. The molecule has 12 nitrogen and oxygen atoms in total. The lowest BCUT2D eigenvalue weighted by atomic mass is 10.0. The lowest BCUT2D eigenvalue weighted by molar-refractivity contribution is -0.183. The monoisotopic (exact) mass is 454 g/mol. The minimum Gasteiger partial charge on any atom is -0.486 e. The number of hydrogen-bond donors (Lipinski definition) is 5. The van der Waals surface area contributed by atoms with Crippen LogP contribution in [0.15, 0.2) is 18.2 Å². The molecule has 1 aromatic rings. The number of carboxylic acid groups (broad SMARTS) is 2. The van der Waals surface area contributed by atoms with Gasteiger partial charge >= 0.3 is 11.9 Å². The highest BCUT2D eigenvalue weighted by Gasteiger charge is 2.40. The van der Waals surface area contributed by atoms with Crippen LogP contribution in [0.2, 0.25) is 0 Å². The van der Waals surface area contributed by atoms with Gasteiger partial charge in [-0.05, 0) is 37.1 Å². The highest BCUT2D eigenvalue weighted by molar-refractivity contribution is 5.83. The number of ether oxygens (including phenoxy) is 3. The van der Waals surface area contributed by atoms with Gasteiger partial charge in [-0.25, -0.2) is 9.59 Å². The van der Waals surface area contributed by atoms with Crippen LogP contribution in [-0.2, 0) is 19.1 Å². The minimum atomic E-state index is -2.37. The third-order valence-electron chi connectivity index (χ3n) is 5.47. The molecule has 1 amide bonds. The van der Waals surface area contributed by atoms with Crippen LogP contribution in [0.1, 0.15) is 24.5 Å². The zero-order valence-corrected chi connectivity index (χ0v) is 17.1. The van der Waals surface area contributed by atoms with Crippen LogP contribution in [-0.4, -0.2) is 93.8 Å². The van der Waals surface area contributed by atoms with E-state index in [1.54, 1.807) is 11.0 Å². The molecular formula is C20H26N2O10. The zero-order chi connectivity index (χ0) is 23.4. The summed E-state index contributed by atoms with van der Waals surface area (Å²) in [4.78, 5) is 36.1. The molecule has 1 fully saturated rings. The molecule has 6 N–H and O–H groups in total. The molecule has 0 spiro atoms. The molecule has 32 heavy (non-hydrogen) atoms. The number of carbonyl (C=O) groups is 3. The largest absolute Gasteiger partial charge is 0.486 e. The van der Waals surface area contributed by atoms with E-state index >= 15 is 0 Å². The number of hydrogen-bond acceptors (Lipinski definition) is 9. The van der Waals surface area contributed by atoms with Crippen molar-refractivity contribution < 1.29 is 49.0 Å². The maximum Gasteiger partial charge on any atom is 0.336 e. The molecule has 176 valence electrons. The van der Waals surface area contributed by atoms with Crippen LogP contribution < -0.4 is 15.2 Å². The SMILES string of the molecule is NC(=O)C1CCCN1CC(OC(C(=O)O)C(O)C(=O)O)C(O)c1ccc2c(c1)OCCO2. The van der Waals surface area contributed by atoms with E-state index in [1.807, 2.05) is 0 Å². The molecular weight excluding hydrogens is 428 g/mol. The van der Waals surface area contributed by atoms with Gasteiger partial charge in [0.15, 0.2) is 23.7 Å². The summed E-state index contributed by atoms with van der Waals surface area (Å²) in [6.45, 7) is 1.00. The van der Waals surface area contributed by atoms with Gasteiger partial charge in [0.25, 0.3) is 0 Å². The molecule has 12 heteroatoms. The second kappa shape index (κ2) is 10.1. The number of nitrogens with zero attached hydrogens (tertiary/aromatic N) is 1. The number of carbonyl (C=O) groups excluding carboxylic acids is 1. The average Bonchev–Trinajstić information content (AvgIpc) is 3.23. The van der Waals surface area contributed by atoms with Crippen molar-refractivity contribution in [3.8, 4) is 11.5 Å². The first-order valence-corrected chi connectivity index (χ1v) is 10.1. The highest BCUT2D eigenvalue weighted by atomic mass is 16.6. The van der Waals surface area contributed by atoms with E-state index in [0.29, 0.717) is 49.7 Å². The Kier molecular flexibility index (Phi) is 7.51. The molecule has 1 saturated heterocycles. The molecule has 5 unspecified atom stereocenters. The molecule has 0 bridgehead atoms. The van der Waals surface area contributed by atoms with Crippen LogP contribution in [0.3, 0.4) is 0 Å². The van der Waals surface area contributed by atoms with E-state index in [2.05, 4.69) is 0 Å². The Morgan fingerprint density at radius 3 is 2.44 bits per heavy atom. The van der Waals surface area contributed by atoms with Crippen LogP contribution in [0.4, 0.5) is 0 Å². The van der Waals surface area contributed by atoms with Crippen molar-refractivity contribution in [2.24, 2.45) is 5.73 Å². The highest BCUT2D eigenvalue weighted by Crippen LogP contribution is 2.34. The Morgan fingerprint density at radius 1 is 1.12 bits per heavy atom. The van der Waals surface area contributed by atoms with Crippen LogP contribution in [0.5, 0.6) is 11.5 Å². The predicted octanol–water partition coefficient (Wildman–Crippen LogP) is -1.28. The Hall–Kier alpha value is -2.93.